The van der Waals surface area contributed by atoms with Gasteiger partial charge in [0.15, 0.2) is 0 Å². The van der Waals surface area contributed by atoms with Gasteiger partial charge in [0, 0.05) is 12.4 Å². The second-order valence-electron chi connectivity index (χ2n) is 6.24. The zero-order valence-corrected chi connectivity index (χ0v) is 14.6. The van der Waals surface area contributed by atoms with Gasteiger partial charge >= 0.3 is 0 Å². The number of hydrogen-bond acceptors (Lipinski definition) is 3. The summed E-state index contributed by atoms with van der Waals surface area (Å²) in [5.41, 5.74) is 2.79. The number of nitrogens with zero attached hydrogens (tertiary/aromatic N) is 2. The average molecular weight is 356 g/mol. The van der Waals surface area contributed by atoms with Crippen molar-refractivity contribution < 1.29 is 9.53 Å². The molecule has 5 nitrogen and oxygen atoms in total. The molecule has 4 rings (SSSR count). The SMILES string of the molecule is Cn1nc(CNC(=O)C2COc3ccccc3C2)c2c(Cl)cccc21. The van der Waals surface area contributed by atoms with Crippen LogP contribution in [-0.2, 0) is 24.8 Å². The van der Waals surface area contributed by atoms with E-state index in [1.165, 1.54) is 0 Å². The summed E-state index contributed by atoms with van der Waals surface area (Å²) in [6, 6.07) is 13.5. The first kappa shape index (κ1) is 16.0. The van der Waals surface area contributed by atoms with Crippen molar-refractivity contribution in [3.63, 3.8) is 0 Å². The maximum atomic E-state index is 12.6. The summed E-state index contributed by atoms with van der Waals surface area (Å²) >= 11 is 6.31. The van der Waals surface area contributed by atoms with Gasteiger partial charge in [-0.25, -0.2) is 0 Å². The summed E-state index contributed by atoms with van der Waals surface area (Å²) in [5.74, 6) is 0.648. The van der Waals surface area contributed by atoms with E-state index in [0.717, 1.165) is 27.9 Å². The van der Waals surface area contributed by atoms with E-state index >= 15 is 0 Å². The van der Waals surface area contributed by atoms with Crippen LogP contribution in [0.3, 0.4) is 0 Å². The molecule has 0 saturated heterocycles. The quantitative estimate of drug-likeness (QED) is 0.785. The zero-order chi connectivity index (χ0) is 17.4. The number of hydrogen-bond donors (Lipinski definition) is 1. The highest BCUT2D eigenvalue weighted by Gasteiger charge is 2.26. The highest BCUT2D eigenvalue weighted by atomic mass is 35.5. The molecule has 0 saturated carbocycles. The van der Waals surface area contributed by atoms with Crippen LogP contribution in [0.4, 0.5) is 0 Å². The predicted octanol–water partition coefficient (Wildman–Crippen LogP) is 3.09. The van der Waals surface area contributed by atoms with E-state index in [0.29, 0.717) is 24.6 Å². The Morgan fingerprint density at radius 3 is 3.04 bits per heavy atom. The number of benzene rings is 2. The van der Waals surface area contributed by atoms with Gasteiger partial charge in [-0.2, -0.15) is 5.10 Å². The van der Waals surface area contributed by atoms with Gasteiger partial charge in [-0.15, -0.1) is 0 Å². The van der Waals surface area contributed by atoms with Gasteiger partial charge in [0.05, 0.1) is 28.7 Å². The lowest BCUT2D eigenvalue weighted by Crippen LogP contribution is -2.37. The Hall–Kier alpha value is -2.53. The molecular formula is C19H18ClN3O2. The van der Waals surface area contributed by atoms with Gasteiger partial charge in [-0.05, 0) is 30.2 Å². The number of carbonyl (C=O) groups is 1. The van der Waals surface area contributed by atoms with Crippen LogP contribution in [0.15, 0.2) is 42.5 Å². The number of amides is 1. The maximum Gasteiger partial charge on any atom is 0.227 e. The summed E-state index contributed by atoms with van der Waals surface area (Å²) in [4.78, 5) is 12.6. The Bertz CT molecular complexity index is 951. The van der Waals surface area contributed by atoms with E-state index < -0.39 is 0 Å². The van der Waals surface area contributed by atoms with E-state index in [1.807, 2.05) is 49.5 Å². The smallest absolute Gasteiger partial charge is 0.227 e. The minimum atomic E-state index is -0.194. The van der Waals surface area contributed by atoms with Crippen molar-refractivity contribution in [1.82, 2.24) is 15.1 Å². The first-order chi connectivity index (χ1) is 12.1. The standard InChI is InChI=1S/C19H18ClN3O2/c1-23-16-7-4-6-14(20)18(16)15(22-23)10-21-19(24)13-9-12-5-2-3-8-17(12)25-11-13/h2-8,13H,9-11H2,1H3,(H,21,24). The molecule has 1 atom stereocenters. The lowest BCUT2D eigenvalue weighted by molar-refractivity contribution is -0.126. The number of rotatable bonds is 3. The molecule has 1 unspecified atom stereocenters. The van der Waals surface area contributed by atoms with Gasteiger partial charge in [0.1, 0.15) is 12.4 Å². The zero-order valence-electron chi connectivity index (χ0n) is 13.8. The number of aryl methyl sites for hydroxylation is 1. The number of aromatic nitrogens is 2. The minimum absolute atomic E-state index is 0.0274. The molecule has 0 radical (unpaired) electrons. The van der Waals surface area contributed by atoms with Crippen molar-refractivity contribution in [3.8, 4) is 5.75 Å². The van der Waals surface area contributed by atoms with Gasteiger partial charge in [0.2, 0.25) is 5.91 Å². The third-order valence-electron chi connectivity index (χ3n) is 4.58. The summed E-state index contributed by atoms with van der Waals surface area (Å²) in [6.07, 6.45) is 0.686. The number of halogens is 1. The number of para-hydroxylation sites is 1. The molecule has 0 aliphatic carbocycles. The Morgan fingerprint density at radius 2 is 2.16 bits per heavy atom. The van der Waals surface area contributed by atoms with Crippen molar-refractivity contribution in [2.24, 2.45) is 13.0 Å². The van der Waals surface area contributed by atoms with Crippen LogP contribution in [0.2, 0.25) is 5.02 Å². The Kier molecular flexibility index (Phi) is 4.09. The highest BCUT2D eigenvalue weighted by Crippen LogP contribution is 2.28. The summed E-state index contributed by atoms with van der Waals surface area (Å²) in [6.45, 7) is 0.741. The summed E-state index contributed by atoms with van der Waals surface area (Å²) in [5, 5.41) is 9.00. The molecule has 0 bridgehead atoms. The Morgan fingerprint density at radius 1 is 1.32 bits per heavy atom. The third kappa shape index (κ3) is 2.96. The lowest BCUT2D eigenvalue weighted by atomic mass is 9.96. The molecule has 1 amide bonds. The van der Waals surface area contributed by atoms with Crippen LogP contribution in [-0.4, -0.2) is 22.3 Å². The fourth-order valence-electron chi connectivity index (χ4n) is 3.29. The molecular weight excluding hydrogens is 338 g/mol. The van der Waals surface area contributed by atoms with Crippen molar-refractivity contribution in [1.29, 1.82) is 0 Å². The van der Waals surface area contributed by atoms with Crippen LogP contribution in [0.1, 0.15) is 11.3 Å². The number of ether oxygens (including phenoxy) is 1. The van der Waals surface area contributed by atoms with Gasteiger partial charge in [-0.3, -0.25) is 9.48 Å². The second kappa shape index (κ2) is 6.41. The maximum absolute atomic E-state index is 12.6. The first-order valence-electron chi connectivity index (χ1n) is 8.22. The molecule has 1 N–H and O–H groups in total. The minimum Gasteiger partial charge on any atom is -0.492 e. The fourth-order valence-corrected chi connectivity index (χ4v) is 3.57. The summed E-state index contributed by atoms with van der Waals surface area (Å²) in [7, 11) is 1.87. The van der Waals surface area contributed by atoms with Gasteiger partial charge < -0.3 is 10.1 Å². The molecule has 25 heavy (non-hydrogen) atoms. The number of carbonyl (C=O) groups excluding carboxylic acids is 1. The van der Waals surface area contributed by atoms with Crippen molar-refractivity contribution >= 4 is 28.4 Å². The van der Waals surface area contributed by atoms with E-state index in [4.69, 9.17) is 16.3 Å². The van der Waals surface area contributed by atoms with Crippen LogP contribution in [0.5, 0.6) is 5.75 Å². The third-order valence-corrected chi connectivity index (χ3v) is 4.89. The molecule has 6 heteroatoms. The molecule has 1 aliphatic rings. The molecule has 1 aromatic heterocycles. The predicted molar refractivity (Wildman–Crippen MR) is 96.7 cm³/mol. The monoisotopic (exact) mass is 355 g/mol. The molecule has 1 aliphatic heterocycles. The normalized spacial score (nSPS) is 16.3. The molecule has 3 aromatic rings. The molecule has 0 fully saturated rings. The van der Waals surface area contributed by atoms with Crippen molar-refractivity contribution in [3.05, 3.63) is 58.7 Å². The van der Waals surface area contributed by atoms with Crippen LogP contribution in [0, 0.1) is 5.92 Å². The molecule has 0 spiro atoms. The highest BCUT2D eigenvalue weighted by molar-refractivity contribution is 6.35. The fraction of sp³-hybridized carbons (Fsp3) is 0.263. The number of nitrogens with one attached hydrogen (secondary N) is 1. The lowest BCUT2D eigenvalue weighted by Gasteiger charge is -2.24. The summed E-state index contributed by atoms with van der Waals surface area (Å²) < 4.78 is 7.48. The average Bonchev–Trinajstić information content (AvgIpc) is 2.96. The van der Waals surface area contributed by atoms with Gasteiger partial charge in [-0.1, -0.05) is 35.9 Å². The van der Waals surface area contributed by atoms with E-state index in [1.54, 1.807) is 4.68 Å². The van der Waals surface area contributed by atoms with Crippen LogP contribution in [0.25, 0.3) is 10.9 Å². The van der Waals surface area contributed by atoms with Crippen LogP contribution >= 0.6 is 11.6 Å². The molecule has 128 valence electrons. The van der Waals surface area contributed by atoms with Gasteiger partial charge in [0.25, 0.3) is 0 Å². The molecule has 2 heterocycles. The van der Waals surface area contributed by atoms with Crippen LogP contribution < -0.4 is 10.1 Å². The molecule has 2 aromatic carbocycles. The van der Waals surface area contributed by atoms with E-state index in [-0.39, 0.29) is 11.8 Å². The topological polar surface area (TPSA) is 56.2 Å². The Labute approximate surface area is 150 Å². The van der Waals surface area contributed by atoms with E-state index in [2.05, 4.69) is 10.4 Å². The Balaban J connectivity index is 1.48. The van der Waals surface area contributed by atoms with E-state index in [9.17, 15) is 4.79 Å². The largest absolute Gasteiger partial charge is 0.492 e. The first-order valence-corrected chi connectivity index (χ1v) is 8.60. The second-order valence-corrected chi connectivity index (χ2v) is 6.65. The van der Waals surface area contributed by atoms with Crippen molar-refractivity contribution in [2.75, 3.05) is 6.61 Å². The number of fused-ring (bicyclic) bond motifs is 2. The van der Waals surface area contributed by atoms with Crippen molar-refractivity contribution in [2.45, 2.75) is 13.0 Å².